The first kappa shape index (κ1) is 18.1. The monoisotopic (exact) mass is 379 g/mol. The van der Waals surface area contributed by atoms with E-state index in [9.17, 15) is 23.1 Å². The number of fused-ring (bicyclic) bond motifs is 3. The van der Waals surface area contributed by atoms with Gasteiger partial charge in [0.1, 0.15) is 12.4 Å². The average molecular weight is 379 g/mol. The van der Waals surface area contributed by atoms with Crippen molar-refractivity contribution in [2.24, 2.45) is 5.92 Å². The minimum Gasteiger partial charge on any atom is -0.492 e. The molecule has 0 saturated carbocycles. The Morgan fingerprint density at radius 3 is 2.74 bits per heavy atom. The summed E-state index contributed by atoms with van der Waals surface area (Å²) in [6, 6.07) is 6.05. The Balaban J connectivity index is 1.61. The number of allylic oxidation sites excluding steroid dienone is 2. The summed E-state index contributed by atoms with van der Waals surface area (Å²) >= 11 is 0. The van der Waals surface area contributed by atoms with Crippen LogP contribution in [0.25, 0.3) is 0 Å². The number of alkyl halides is 3. The van der Waals surface area contributed by atoms with Crippen LogP contribution < -0.4 is 0 Å². The first-order valence-corrected chi connectivity index (χ1v) is 8.90. The molecule has 1 heterocycles. The van der Waals surface area contributed by atoms with Crippen molar-refractivity contribution in [2.45, 2.75) is 36.6 Å². The van der Waals surface area contributed by atoms with Crippen molar-refractivity contribution < 1.29 is 27.8 Å². The minimum atomic E-state index is -4.81. The minimum absolute atomic E-state index is 0.0366. The van der Waals surface area contributed by atoms with E-state index in [0.29, 0.717) is 24.2 Å². The number of rotatable bonds is 3. The maximum absolute atomic E-state index is 13.9. The summed E-state index contributed by atoms with van der Waals surface area (Å²) in [5, 5.41) is 10.7. The van der Waals surface area contributed by atoms with Gasteiger partial charge in [0.05, 0.1) is 6.04 Å². The van der Waals surface area contributed by atoms with Gasteiger partial charge in [0.2, 0.25) is 5.91 Å². The lowest BCUT2D eigenvalue weighted by Crippen LogP contribution is -2.46. The molecule has 4 rings (SSSR count). The highest BCUT2D eigenvalue weighted by Crippen LogP contribution is 2.58. The smallest absolute Gasteiger partial charge is 0.422 e. The largest absolute Gasteiger partial charge is 0.492 e. The Labute approximate surface area is 154 Å². The summed E-state index contributed by atoms with van der Waals surface area (Å²) in [4.78, 5) is 13.2. The first-order chi connectivity index (χ1) is 12.7. The van der Waals surface area contributed by atoms with Crippen LogP contribution in [0.4, 0.5) is 13.2 Å². The zero-order valence-electron chi connectivity index (χ0n) is 14.7. The van der Waals surface area contributed by atoms with Gasteiger partial charge in [-0.3, -0.25) is 4.79 Å². The van der Waals surface area contributed by atoms with E-state index < -0.39 is 23.6 Å². The topological polar surface area (TPSA) is 49.8 Å². The standard InChI is InChI=1S/C20H20F3NO3/c1-24-12(6-9-18(24)25)11-27-13-7-8-15-14-4-2-3-5-16(14)19(26,17(15)10-13)20(21,22)23/h2-5,7-8,10,12,15,17,26H,6,9,11H2,1H3. The van der Waals surface area contributed by atoms with Gasteiger partial charge < -0.3 is 14.7 Å². The maximum Gasteiger partial charge on any atom is 0.422 e. The van der Waals surface area contributed by atoms with Gasteiger partial charge in [-0.25, -0.2) is 0 Å². The molecule has 0 aromatic heterocycles. The summed E-state index contributed by atoms with van der Waals surface area (Å²) in [6.07, 6.45) is 0.981. The van der Waals surface area contributed by atoms with Crippen LogP contribution in [0.2, 0.25) is 0 Å². The van der Waals surface area contributed by atoms with E-state index in [1.165, 1.54) is 18.2 Å². The number of carbonyl (C=O) groups is 1. The first-order valence-electron chi connectivity index (χ1n) is 8.90. The zero-order valence-corrected chi connectivity index (χ0v) is 14.7. The van der Waals surface area contributed by atoms with Crippen molar-refractivity contribution in [1.82, 2.24) is 4.90 Å². The third kappa shape index (κ3) is 2.67. The zero-order chi connectivity index (χ0) is 19.4. The molecule has 1 aromatic rings. The highest BCUT2D eigenvalue weighted by Gasteiger charge is 2.65. The Hall–Kier alpha value is -2.28. The highest BCUT2D eigenvalue weighted by molar-refractivity contribution is 5.78. The molecule has 1 N–H and O–H groups in total. The van der Waals surface area contributed by atoms with Gasteiger partial charge in [0, 0.05) is 25.3 Å². The number of likely N-dealkylation sites (tertiary alicyclic amines) is 1. The third-order valence-electron chi connectivity index (χ3n) is 5.92. The van der Waals surface area contributed by atoms with E-state index in [0.717, 1.165) is 0 Å². The fourth-order valence-corrected chi connectivity index (χ4v) is 4.34. The number of likely N-dealkylation sites (N-methyl/N-ethyl adjacent to an activating group) is 1. The Bertz CT molecular complexity index is 832. The molecule has 0 spiro atoms. The molecular weight excluding hydrogens is 359 g/mol. The van der Waals surface area contributed by atoms with Crippen LogP contribution in [0.3, 0.4) is 0 Å². The van der Waals surface area contributed by atoms with Crippen molar-refractivity contribution in [1.29, 1.82) is 0 Å². The highest BCUT2D eigenvalue weighted by atomic mass is 19.4. The molecule has 0 bridgehead atoms. The van der Waals surface area contributed by atoms with Crippen LogP contribution in [0, 0.1) is 5.92 Å². The second-order valence-electron chi connectivity index (χ2n) is 7.34. The molecule has 3 aliphatic rings. The van der Waals surface area contributed by atoms with E-state index in [1.807, 2.05) is 0 Å². The van der Waals surface area contributed by atoms with Crippen LogP contribution >= 0.6 is 0 Å². The normalized spacial score (nSPS) is 32.3. The van der Waals surface area contributed by atoms with Gasteiger partial charge in [0.15, 0.2) is 5.60 Å². The molecule has 144 valence electrons. The van der Waals surface area contributed by atoms with Crippen LogP contribution in [0.5, 0.6) is 0 Å². The predicted molar refractivity (Wildman–Crippen MR) is 91.6 cm³/mol. The van der Waals surface area contributed by atoms with Gasteiger partial charge in [-0.15, -0.1) is 0 Å². The number of halogens is 3. The van der Waals surface area contributed by atoms with Gasteiger partial charge in [-0.1, -0.05) is 30.3 Å². The maximum atomic E-state index is 13.9. The fourth-order valence-electron chi connectivity index (χ4n) is 4.34. The number of carbonyl (C=O) groups excluding carboxylic acids is 1. The third-order valence-corrected chi connectivity index (χ3v) is 5.92. The quantitative estimate of drug-likeness (QED) is 0.877. The number of ether oxygens (including phenoxy) is 1. The molecule has 7 heteroatoms. The Morgan fingerprint density at radius 2 is 2.07 bits per heavy atom. The summed E-state index contributed by atoms with van der Waals surface area (Å²) < 4.78 is 47.3. The lowest BCUT2D eigenvalue weighted by atomic mass is 9.80. The lowest BCUT2D eigenvalue weighted by Gasteiger charge is -2.34. The van der Waals surface area contributed by atoms with Crippen molar-refractivity contribution in [3.8, 4) is 0 Å². The summed E-state index contributed by atoms with van der Waals surface area (Å²) in [6.45, 7) is 0.215. The van der Waals surface area contributed by atoms with Crippen LogP contribution in [-0.4, -0.2) is 41.8 Å². The molecule has 1 aliphatic heterocycles. The fraction of sp³-hybridized carbons (Fsp3) is 0.450. The van der Waals surface area contributed by atoms with E-state index >= 15 is 0 Å². The molecule has 4 nitrogen and oxygen atoms in total. The van der Waals surface area contributed by atoms with E-state index in [1.54, 1.807) is 36.2 Å². The molecular formula is C20H20F3NO3. The molecule has 4 atom stereocenters. The molecule has 4 unspecified atom stereocenters. The van der Waals surface area contributed by atoms with E-state index in [2.05, 4.69) is 0 Å². The number of hydrogen-bond acceptors (Lipinski definition) is 3. The van der Waals surface area contributed by atoms with E-state index in [-0.39, 0.29) is 24.1 Å². The van der Waals surface area contributed by atoms with Gasteiger partial charge in [-0.2, -0.15) is 13.2 Å². The molecule has 0 radical (unpaired) electrons. The van der Waals surface area contributed by atoms with Crippen LogP contribution in [0.1, 0.15) is 29.9 Å². The number of nitrogens with zero attached hydrogens (tertiary/aromatic N) is 1. The molecule has 1 aromatic carbocycles. The Kier molecular flexibility index (Phi) is 4.10. The van der Waals surface area contributed by atoms with Crippen molar-refractivity contribution in [3.05, 3.63) is 59.4 Å². The number of benzene rings is 1. The molecule has 1 fully saturated rings. The Morgan fingerprint density at radius 1 is 1.33 bits per heavy atom. The number of hydrogen-bond donors (Lipinski definition) is 1. The summed E-state index contributed by atoms with van der Waals surface area (Å²) in [5.74, 6) is -1.41. The molecule has 1 saturated heterocycles. The lowest BCUT2D eigenvalue weighted by molar-refractivity contribution is -0.278. The van der Waals surface area contributed by atoms with Crippen molar-refractivity contribution >= 4 is 5.91 Å². The van der Waals surface area contributed by atoms with Gasteiger partial charge in [-0.05, 0) is 29.7 Å². The summed E-state index contributed by atoms with van der Waals surface area (Å²) in [7, 11) is 1.69. The number of amides is 1. The van der Waals surface area contributed by atoms with Crippen LogP contribution in [0.15, 0.2) is 48.3 Å². The van der Waals surface area contributed by atoms with Gasteiger partial charge in [0.25, 0.3) is 0 Å². The predicted octanol–water partition coefficient (Wildman–Crippen LogP) is 3.24. The van der Waals surface area contributed by atoms with Crippen LogP contribution in [-0.2, 0) is 15.1 Å². The SMILES string of the molecule is CN1C(=O)CCC1COC1=CC2C(C=C1)c1ccccc1C2(O)C(F)(F)F. The van der Waals surface area contributed by atoms with Crippen molar-refractivity contribution in [3.63, 3.8) is 0 Å². The second-order valence-corrected chi connectivity index (χ2v) is 7.34. The molecule has 27 heavy (non-hydrogen) atoms. The van der Waals surface area contributed by atoms with Gasteiger partial charge >= 0.3 is 6.18 Å². The molecule has 1 amide bonds. The van der Waals surface area contributed by atoms with E-state index in [4.69, 9.17) is 4.74 Å². The summed E-state index contributed by atoms with van der Waals surface area (Å²) in [5.41, 5.74) is -2.57. The molecule has 2 aliphatic carbocycles. The second kappa shape index (κ2) is 6.12. The van der Waals surface area contributed by atoms with Crippen molar-refractivity contribution in [2.75, 3.05) is 13.7 Å². The number of aliphatic hydroxyl groups is 1. The average Bonchev–Trinajstić information content (AvgIpc) is 3.09.